The summed E-state index contributed by atoms with van der Waals surface area (Å²) in [5.41, 5.74) is 0.861. The molecular formula is C5H10N8. The van der Waals surface area contributed by atoms with Gasteiger partial charge in [0, 0.05) is 0 Å². The number of aromatic nitrogens is 6. The molecule has 0 aliphatic carbocycles. The molecule has 2 heterocycles. The van der Waals surface area contributed by atoms with Gasteiger partial charge in [-0.25, -0.2) is 0 Å². The van der Waals surface area contributed by atoms with E-state index in [4.69, 9.17) is 11.7 Å². The summed E-state index contributed by atoms with van der Waals surface area (Å²) in [6, 6.07) is 0. The highest BCUT2D eigenvalue weighted by molar-refractivity contribution is 4.87. The normalized spacial score (nSPS) is 9.00. The third-order valence-corrected chi connectivity index (χ3v) is 1.19. The number of nitrogen functional groups attached to an aromatic ring is 2. The molecule has 0 radical (unpaired) electrons. The van der Waals surface area contributed by atoms with Crippen LogP contribution in [0.5, 0.6) is 0 Å². The van der Waals surface area contributed by atoms with E-state index >= 15 is 0 Å². The Hall–Kier alpha value is -2.12. The topological polar surface area (TPSA) is 113 Å². The van der Waals surface area contributed by atoms with E-state index in [2.05, 4.69) is 20.6 Å². The first-order chi connectivity index (χ1) is 6.20. The zero-order valence-corrected chi connectivity index (χ0v) is 7.07. The molecule has 0 amide bonds. The van der Waals surface area contributed by atoms with Crippen molar-refractivity contribution in [3.63, 3.8) is 0 Å². The Balaban J connectivity index is 0.000000132. The molecular weight excluding hydrogens is 172 g/mol. The molecule has 0 saturated heterocycles. The SMILES string of the molecule is Cc1cnnn1N.Nn1ccnn1. The minimum absolute atomic E-state index is 0.861. The van der Waals surface area contributed by atoms with Crippen LogP contribution in [0, 0.1) is 6.92 Å². The van der Waals surface area contributed by atoms with Crippen LogP contribution in [0.25, 0.3) is 0 Å². The van der Waals surface area contributed by atoms with E-state index in [1.165, 1.54) is 11.0 Å². The first-order valence-corrected chi connectivity index (χ1v) is 3.44. The summed E-state index contributed by atoms with van der Waals surface area (Å²) in [5.74, 6) is 10.2. The lowest BCUT2D eigenvalue weighted by Crippen LogP contribution is -2.11. The molecule has 0 spiro atoms. The van der Waals surface area contributed by atoms with Gasteiger partial charge in [-0.15, -0.1) is 10.2 Å². The van der Waals surface area contributed by atoms with Crippen molar-refractivity contribution in [2.24, 2.45) is 0 Å². The summed E-state index contributed by atoms with van der Waals surface area (Å²) in [6.07, 6.45) is 4.67. The van der Waals surface area contributed by atoms with Crippen LogP contribution in [0.15, 0.2) is 18.6 Å². The van der Waals surface area contributed by atoms with Crippen molar-refractivity contribution in [3.8, 4) is 0 Å². The van der Waals surface area contributed by atoms with E-state index < -0.39 is 0 Å². The van der Waals surface area contributed by atoms with Crippen LogP contribution in [-0.2, 0) is 0 Å². The zero-order chi connectivity index (χ0) is 9.68. The lowest BCUT2D eigenvalue weighted by atomic mass is 10.6. The summed E-state index contributed by atoms with van der Waals surface area (Å²) >= 11 is 0. The highest BCUT2D eigenvalue weighted by Gasteiger charge is 1.86. The fraction of sp³-hybridized carbons (Fsp3) is 0.200. The van der Waals surface area contributed by atoms with Crippen LogP contribution < -0.4 is 11.7 Å². The molecule has 0 atom stereocenters. The van der Waals surface area contributed by atoms with E-state index in [9.17, 15) is 0 Å². The number of hydrogen-bond donors (Lipinski definition) is 2. The largest absolute Gasteiger partial charge is 0.322 e. The fourth-order valence-electron chi connectivity index (χ4n) is 0.512. The van der Waals surface area contributed by atoms with Gasteiger partial charge in [-0.3, -0.25) is 0 Å². The van der Waals surface area contributed by atoms with Gasteiger partial charge in [-0.05, 0) is 17.4 Å². The maximum Gasteiger partial charge on any atom is 0.0789 e. The predicted molar refractivity (Wildman–Crippen MR) is 45.1 cm³/mol. The van der Waals surface area contributed by atoms with E-state index in [1.54, 1.807) is 12.4 Å². The Bertz CT molecular complexity index is 319. The van der Waals surface area contributed by atoms with Gasteiger partial charge < -0.3 is 11.7 Å². The molecule has 4 N–H and O–H groups in total. The van der Waals surface area contributed by atoms with Crippen LogP contribution in [0.3, 0.4) is 0 Å². The molecule has 0 unspecified atom stereocenters. The monoisotopic (exact) mass is 182 g/mol. The molecule has 70 valence electrons. The number of aryl methyl sites for hydroxylation is 1. The Kier molecular flexibility index (Phi) is 2.79. The van der Waals surface area contributed by atoms with Crippen LogP contribution in [-0.4, -0.2) is 30.2 Å². The van der Waals surface area contributed by atoms with Gasteiger partial charge in [-0.2, -0.15) is 9.58 Å². The van der Waals surface area contributed by atoms with Crippen molar-refractivity contribution in [1.29, 1.82) is 0 Å². The Morgan fingerprint density at radius 3 is 2.15 bits per heavy atom. The first kappa shape index (κ1) is 8.97. The Labute approximate surface area is 74.1 Å². The predicted octanol–water partition coefficient (Wildman–Crippen LogP) is -1.71. The second kappa shape index (κ2) is 4.04. The quantitative estimate of drug-likeness (QED) is 0.469. The Morgan fingerprint density at radius 2 is 2.00 bits per heavy atom. The molecule has 2 rings (SSSR count). The molecule has 2 aromatic rings. The summed E-state index contributed by atoms with van der Waals surface area (Å²) in [6.45, 7) is 1.83. The summed E-state index contributed by atoms with van der Waals surface area (Å²) < 4.78 is 0. The molecule has 0 aliphatic heterocycles. The number of nitrogens with two attached hydrogens (primary N) is 2. The third kappa shape index (κ3) is 2.77. The summed E-state index contributed by atoms with van der Waals surface area (Å²) in [4.78, 5) is 2.36. The van der Waals surface area contributed by atoms with E-state index in [0.717, 1.165) is 10.5 Å². The maximum absolute atomic E-state index is 5.18. The third-order valence-electron chi connectivity index (χ3n) is 1.19. The minimum Gasteiger partial charge on any atom is -0.322 e. The molecule has 0 bridgehead atoms. The van der Waals surface area contributed by atoms with Crippen molar-refractivity contribution in [1.82, 2.24) is 30.2 Å². The standard InChI is InChI=1S/C3H6N4.C2H4N4/c1-3-2-5-6-7(3)4;3-6-2-1-4-5-6/h2H,4H2,1H3;1-2H,3H2. The van der Waals surface area contributed by atoms with E-state index in [0.29, 0.717) is 0 Å². The molecule has 0 aliphatic rings. The van der Waals surface area contributed by atoms with Crippen molar-refractivity contribution in [2.45, 2.75) is 6.92 Å². The van der Waals surface area contributed by atoms with Gasteiger partial charge in [0.2, 0.25) is 0 Å². The van der Waals surface area contributed by atoms with Crippen LogP contribution in [0.4, 0.5) is 0 Å². The lowest BCUT2D eigenvalue weighted by molar-refractivity contribution is 0.746. The van der Waals surface area contributed by atoms with Crippen molar-refractivity contribution >= 4 is 0 Å². The molecule has 0 fully saturated rings. The molecule has 2 aromatic heterocycles. The van der Waals surface area contributed by atoms with Crippen molar-refractivity contribution in [3.05, 3.63) is 24.3 Å². The average molecular weight is 182 g/mol. The number of nitrogens with zero attached hydrogens (tertiary/aromatic N) is 6. The smallest absolute Gasteiger partial charge is 0.0789 e. The van der Waals surface area contributed by atoms with Crippen molar-refractivity contribution in [2.75, 3.05) is 11.7 Å². The zero-order valence-electron chi connectivity index (χ0n) is 7.07. The molecule has 0 aromatic carbocycles. The van der Waals surface area contributed by atoms with Gasteiger partial charge in [0.1, 0.15) is 0 Å². The van der Waals surface area contributed by atoms with Crippen LogP contribution in [0.1, 0.15) is 5.69 Å². The second-order valence-electron chi connectivity index (χ2n) is 2.20. The maximum atomic E-state index is 5.18. The fourth-order valence-corrected chi connectivity index (χ4v) is 0.512. The second-order valence-corrected chi connectivity index (χ2v) is 2.20. The van der Waals surface area contributed by atoms with Crippen LogP contribution in [0.2, 0.25) is 0 Å². The van der Waals surface area contributed by atoms with Gasteiger partial charge in [0.15, 0.2) is 0 Å². The van der Waals surface area contributed by atoms with Gasteiger partial charge in [0.05, 0.1) is 24.3 Å². The van der Waals surface area contributed by atoms with Gasteiger partial charge in [0.25, 0.3) is 0 Å². The molecule has 13 heavy (non-hydrogen) atoms. The van der Waals surface area contributed by atoms with Gasteiger partial charge >= 0.3 is 0 Å². The van der Waals surface area contributed by atoms with E-state index in [1.807, 2.05) is 6.92 Å². The van der Waals surface area contributed by atoms with Crippen LogP contribution >= 0.6 is 0 Å². The minimum atomic E-state index is 0.861. The number of hydrogen-bond acceptors (Lipinski definition) is 6. The highest BCUT2D eigenvalue weighted by atomic mass is 15.6. The highest BCUT2D eigenvalue weighted by Crippen LogP contribution is 1.82. The number of rotatable bonds is 0. The van der Waals surface area contributed by atoms with Gasteiger partial charge in [-0.1, -0.05) is 0 Å². The summed E-state index contributed by atoms with van der Waals surface area (Å²) in [7, 11) is 0. The molecule has 8 heteroatoms. The Morgan fingerprint density at radius 1 is 1.23 bits per heavy atom. The van der Waals surface area contributed by atoms with E-state index in [-0.39, 0.29) is 0 Å². The lowest BCUT2D eigenvalue weighted by Gasteiger charge is -1.85. The average Bonchev–Trinajstić information content (AvgIpc) is 2.67. The molecule has 0 saturated carbocycles. The summed E-state index contributed by atoms with van der Waals surface area (Å²) in [5, 5.41) is 13.7. The molecule has 8 nitrogen and oxygen atoms in total. The first-order valence-electron chi connectivity index (χ1n) is 3.44. The van der Waals surface area contributed by atoms with Crippen molar-refractivity contribution < 1.29 is 0 Å².